The Labute approximate surface area is 211 Å². The number of carbonyl (C=O) groups is 2. The molecule has 3 fully saturated rings. The maximum atomic E-state index is 13.7. The number of aromatic amines is 1. The van der Waals surface area contributed by atoms with Gasteiger partial charge in [-0.2, -0.15) is 10.2 Å². The van der Waals surface area contributed by atoms with Gasteiger partial charge in [-0.25, -0.2) is 0 Å². The van der Waals surface area contributed by atoms with Gasteiger partial charge in [-0.05, 0) is 99.8 Å². The van der Waals surface area contributed by atoms with Gasteiger partial charge in [-0.15, -0.1) is 0 Å². The van der Waals surface area contributed by atoms with E-state index in [4.69, 9.17) is 0 Å². The first kappa shape index (κ1) is 23.0. The molecule has 0 spiro atoms. The number of aromatic nitrogens is 4. The highest BCUT2D eigenvalue weighted by Crippen LogP contribution is 2.51. The van der Waals surface area contributed by atoms with Gasteiger partial charge in [0, 0.05) is 29.7 Å². The fourth-order valence-corrected chi connectivity index (χ4v) is 5.58. The van der Waals surface area contributed by atoms with Crippen LogP contribution in [0.5, 0.6) is 0 Å². The maximum Gasteiger partial charge on any atom is 0.270 e. The number of amides is 2. The topological polar surface area (TPSA) is 105 Å². The molecule has 1 aromatic carbocycles. The minimum atomic E-state index is -0.556. The molecule has 2 amide bonds. The largest absolute Gasteiger partial charge is 0.339 e. The molecule has 3 saturated carbocycles. The normalized spacial score (nSPS) is 18.3. The number of hydrogen-bond donors (Lipinski definition) is 3. The van der Waals surface area contributed by atoms with Crippen molar-refractivity contribution in [2.24, 2.45) is 23.7 Å². The first-order valence-electron chi connectivity index (χ1n) is 13.2. The number of aryl methyl sites for hydroxylation is 2. The average Bonchev–Trinajstić information content (AvgIpc) is 3.75. The summed E-state index contributed by atoms with van der Waals surface area (Å²) in [6.07, 6.45) is 8.61. The third kappa shape index (κ3) is 4.81. The molecule has 8 nitrogen and oxygen atoms in total. The lowest BCUT2D eigenvalue weighted by Crippen LogP contribution is -2.50. The van der Waals surface area contributed by atoms with Crippen molar-refractivity contribution < 1.29 is 9.59 Å². The molecule has 6 rings (SSSR count). The van der Waals surface area contributed by atoms with Gasteiger partial charge in [0.1, 0.15) is 11.7 Å². The number of benzene rings is 1. The van der Waals surface area contributed by atoms with Gasteiger partial charge in [0.25, 0.3) is 5.91 Å². The van der Waals surface area contributed by atoms with E-state index in [1.807, 2.05) is 38.1 Å². The molecule has 2 aromatic heterocycles. The van der Waals surface area contributed by atoms with Gasteiger partial charge >= 0.3 is 0 Å². The zero-order valence-electron chi connectivity index (χ0n) is 21.0. The quantitative estimate of drug-likeness (QED) is 0.393. The fourth-order valence-electron chi connectivity index (χ4n) is 5.58. The number of anilines is 1. The summed E-state index contributed by atoms with van der Waals surface area (Å²) < 4.78 is 1.80. The Morgan fingerprint density at radius 1 is 1.03 bits per heavy atom. The van der Waals surface area contributed by atoms with Crippen LogP contribution in [0.25, 0.3) is 11.1 Å². The highest BCUT2D eigenvalue weighted by molar-refractivity contribution is 6.01. The summed E-state index contributed by atoms with van der Waals surface area (Å²) in [5.41, 5.74) is 5.38. The second-order valence-corrected chi connectivity index (χ2v) is 10.9. The van der Waals surface area contributed by atoms with E-state index < -0.39 is 6.04 Å². The lowest BCUT2D eigenvalue weighted by atomic mass is 9.88. The van der Waals surface area contributed by atoms with E-state index in [2.05, 4.69) is 25.9 Å². The minimum Gasteiger partial charge on any atom is -0.339 e. The molecule has 3 aromatic rings. The van der Waals surface area contributed by atoms with Crippen LogP contribution in [0.15, 0.2) is 36.5 Å². The van der Waals surface area contributed by atoms with Crippen LogP contribution in [0, 0.1) is 37.5 Å². The molecular weight excluding hydrogens is 452 g/mol. The highest BCUT2D eigenvalue weighted by Gasteiger charge is 2.48. The number of nitrogens with zero attached hydrogens (tertiary/aromatic N) is 3. The van der Waals surface area contributed by atoms with Crippen LogP contribution in [0.4, 0.5) is 5.69 Å². The molecule has 3 N–H and O–H groups in total. The Bertz CT molecular complexity index is 1230. The zero-order chi connectivity index (χ0) is 24.8. The van der Waals surface area contributed by atoms with E-state index in [1.54, 1.807) is 16.9 Å². The van der Waals surface area contributed by atoms with E-state index >= 15 is 0 Å². The third-order valence-electron chi connectivity index (χ3n) is 7.93. The van der Waals surface area contributed by atoms with Crippen molar-refractivity contribution in [1.29, 1.82) is 0 Å². The average molecular weight is 487 g/mol. The summed E-state index contributed by atoms with van der Waals surface area (Å²) in [7, 11) is 0. The molecule has 3 aliphatic rings. The molecule has 1 unspecified atom stereocenters. The third-order valence-corrected chi connectivity index (χ3v) is 7.93. The number of rotatable bonds is 10. The smallest absolute Gasteiger partial charge is 0.270 e. The zero-order valence-corrected chi connectivity index (χ0v) is 21.0. The molecular formula is C28H34N6O2. The van der Waals surface area contributed by atoms with Crippen molar-refractivity contribution in [1.82, 2.24) is 25.3 Å². The molecule has 0 saturated heterocycles. The molecule has 2 heterocycles. The summed E-state index contributed by atoms with van der Waals surface area (Å²) in [5, 5.41) is 17.9. The first-order valence-corrected chi connectivity index (χ1v) is 13.2. The van der Waals surface area contributed by atoms with Gasteiger partial charge in [0.2, 0.25) is 5.91 Å². The standard InChI is InChI=1S/C28H34N6O2/c1-16-24(17(2)33-32-16)19-9-11-22(12-10-19)30-28(36)26(25(20-5-6-20)21-7-8-21)31-27(35)23-13-14-29-34(23)15-18-3-4-18/h9-14,18,20-21,25-26H,3-8,15H2,1-2H3,(H,30,36)(H,31,35)(H,32,33). The Kier molecular flexibility index (Phi) is 5.90. The van der Waals surface area contributed by atoms with Crippen LogP contribution >= 0.6 is 0 Å². The van der Waals surface area contributed by atoms with Gasteiger partial charge in [0.15, 0.2) is 0 Å². The van der Waals surface area contributed by atoms with Gasteiger partial charge < -0.3 is 10.6 Å². The second-order valence-electron chi connectivity index (χ2n) is 10.9. The van der Waals surface area contributed by atoms with Crippen LogP contribution in [0.1, 0.15) is 60.4 Å². The monoisotopic (exact) mass is 486 g/mol. The predicted molar refractivity (Wildman–Crippen MR) is 137 cm³/mol. The van der Waals surface area contributed by atoms with Crippen molar-refractivity contribution >= 4 is 17.5 Å². The number of hydrogen-bond acceptors (Lipinski definition) is 4. The van der Waals surface area contributed by atoms with Crippen LogP contribution in [0.3, 0.4) is 0 Å². The molecule has 188 valence electrons. The van der Waals surface area contributed by atoms with Gasteiger partial charge in [0.05, 0.1) is 5.69 Å². The molecule has 0 aliphatic heterocycles. The Morgan fingerprint density at radius 3 is 2.31 bits per heavy atom. The summed E-state index contributed by atoms with van der Waals surface area (Å²) >= 11 is 0. The van der Waals surface area contributed by atoms with Gasteiger partial charge in [-0.1, -0.05) is 12.1 Å². The number of nitrogens with one attached hydrogen (secondary N) is 3. The SMILES string of the molecule is Cc1n[nH]c(C)c1-c1ccc(NC(=O)C(NC(=O)c2ccnn2CC2CC2)C(C2CC2)C2CC2)cc1. The maximum absolute atomic E-state index is 13.7. The van der Waals surface area contributed by atoms with Gasteiger partial charge in [-0.3, -0.25) is 19.4 Å². The summed E-state index contributed by atoms with van der Waals surface area (Å²) in [4.78, 5) is 27.0. The Balaban J connectivity index is 1.21. The second kappa shape index (κ2) is 9.22. The van der Waals surface area contributed by atoms with Crippen LogP contribution in [-0.2, 0) is 11.3 Å². The van der Waals surface area contributed by atoms with Crippen molar-refractivity contribution in [2.75, 3.05) is 5.32 Å². The molecule has 0 bridgehead atoms. The molecule has 3 aliphatic carbocycles. The number of carbonyl (C=O) groups excluding carboxylic acids is 2. The summed E-state index contributed by atoms with van der Waals surface area (Å²) in [5.74, 6) is 1.48. The molecule has 1 atom stereocenters. The first-order chi connectivity index (χ1) is 17.5. The Hall–Kier alpha value is -3.42. The van der Waals surface area contributed by atoms with Crippen LogP contribution < -0.4 is 10.6 Å². The van der Waals surface area contributed by atoms with Crippen LogP contribution in [0.2, 0.25) is 0 Å². The van der Waals surface area contributed by atoms with E-state index in [0.29, 0.717) is 23.4 Å². The summed E-state index contributed by atoms with van der Waals surface area (Å²) in [6.45, 7) is 4.75. The minimum absolute atomic E-state index is 0.135. The van der Waals surface area contributed by atoms with E-state index in [9.17, 15) is 9.59 Å². The summed E-state index contributed by atoms with van der Waals surface area (Å²) in [6, 6.07) is 9.06. The van der Waals surface area contributed by atoms with E-state index in [1.165, 1.54) is 12.8 Å². The molecule has 36 heavy (non-hydrogen) atoms. The van der Waals surface area contributed by atoms with E-state index in [-0.39, 0.29) is 17.7 Å². The number of H-pyrrole nitrogens is 1. The predicted octanol–water partition coefficient (Wildman–Crippen LogP) is 4.47. The van der Waals surface area contributed by atoms with E-state index in [0.717, 1.165) is 60.4 Å². The van der Waals surface area contributed by atoms with Crippen molar-refractivity contribution in [3.63, 3.8) is 0 Å². The molecule has 8 heteroatoms. The van der Waals surface area contributed by atoms with Crippen molar-refractivity contribution in [3.05, 3.63) is 53.6 Å². The highest BCUT2D eigenvalue weighted by atomic mass is 16.2. The van der Waals surface area contributed by atoms with Crippen molar-refractivity contribution in [2.45, 2.75) is 65.0 Å². The Morgan fingerprint density at radius 2 is 1.72 bits per heavy atom. The lowest BCUT2D eigenvalue weighted by Gasteiger charge is -2.27. The fraction of sp³-hybridized carbons (Fsp3) is 0.500. The van der Waals surface area contributed by atoms with Crippen molar-refractivity contribution in [3.8, 4) is 11.1 Å². The lowest BCUT2D eigenvalue weighted by molar-refractivity contribution is -0.119. The van der Waals surface area contributed by atoms with Crippen LogP contribution in [-0.4, -0.2) is 37.8 Å². The molecule has 0 radical (unpaired) electrons.